The van der Waals surface area contributed by atoms with Crippen molar-refractivity contribution in [1.82, 2.24) is 0 Å². The van der Waals surface area contributed by atoms with Gasteiger partial charge in [-0.15, -0.1) is 0 Å². The van der Waals surface area contributed by atoms with Gasteiger partial charge in [-0.3, -0.25) is 4.79 Å². The maximum atomic E-state index is 12.6. The molecular weight excluding hydrogens is 264 g/mol. The second kappa shape index (κ2) is 6.33. The highest BCUT2D eigenvalue weighted by molar-refractivity contribution is 6.02. The Bertz CT molecular complexity index is 558. The molecule has 1 N–H and O–H groups in total. The lowest BCUT2D eigenvalue weighted by molar-refractivity contribution is -0.122. The van der Waals surface area contributed by atoms with E-state index >= 15 is 0 Å². The lowest BCUT2D eigenvalue weighted by atomic mass is 9.73. The highest BCUT2D eigenvalue weighted by Crippen LogP contribution is 2.36. The fraction of sp³-hybridized carbons (Fsp3) is 0.500. The Hall–Kier alpha value is -1.77. The zero-order chi connectivity index (χ0) is 15.6. The molecule has 1 fully saturated rings. The quantitative estimate of drug-likeness (QED) is 0.853. The van der Waals surface area contributed by atoms with Gasteiger partial charge in [0.15, 0.2) is 17.3 Å². The van der Waals surface area contributed by atoms with E-state index in [0.29, 0.717) is 11.7 Å². The van der Waals surface area contributed by atoms with E-state index in [-0.39, 0.29) is 23.4 Å². The van der Waals surface area contributed by atoms with Gasteiger partial charge in [-0.25, -0.2) is 0 Å². The summed E-state index contributed by atoms with van der Waals surface area (Å²) < 4.78 is 5.04. The Kier molecular flexibility index (Phi) is 4.71. The Morgan fingerprint density at radius 3 is 2.62 bits per heavy atom. The predicted molar refractivity (Wildman–Crippen MR) is 84.4 cm³/mol. The van der Waals surface area contributed by atoms with Gasteiger partial charge in [0.1, 0.15) is 0 Å². The summed E-state index contributed by atoms with van der Waals surface area (Å²) in [6.07, 6.45) is 3.94. The molecule has 0 aliphatic heterocycles. The summed E-state index contributed by atoms with van der Waals surface area (Å²) in [6.45, 7) is 6.31. The van der Waals surface area contributed by atoms with Crippen LogP contribution in [0.3, 0.4) is 0 Å². The van der Waals surface area contributed by atoms with E-state index < -0.39 is 0 Å². The summed E-state index contributed by atoms with van der Waals surface area (Å²) in [6, 6.07) is 5.23. The average Bonchev–Trinajstić information content (AvgIpc) is 2.43. The number of benzene rings is 1. The van der Waals surface area contributed by atoms with Gasteiger partial charge in [-0.2, -0.15) is 0 Å². The molecule has 1 aromatic carbocycles. The molecule has 0 spiro atoms. The molecule has 2 rings (SSSR count). The van der Waals surface area contributed by atoms with Gasteiger partial charge in [-0.05, 0) is 54.0 Å². The van der Waals surface area contributed by atoms with Gasteiger partial charge < -0.3 is 9.84 Å². The van der Waals surface area contributed by atoms with Crippen LogP contribution in [0.5, 0.6) is 11.5 Å². The van der Waals surface area contributed by atoms with Gasteiger partial charge in [0.25, 0.3) is 0 Å². The molecule has 1 aromatic rings. The van der Waals surface area contributed by atoms with Crippen molar-refractivity contribution < 1.29 is 14.6 Å². The number of methoxy groups -OCH3 is 1. The van der Waals surface area contributed by atoms with Crippen LogP contribution in [0.15, 0.2) is 23.8 Å². The molecular formula is C18H24O3. The summed E-state index contributed by atoms with van der Waals surface area (Å²) >= 11 is 0. The van der Waals surface area contributed by atoms with E-state index in [1.54, 1.807) is 12.1 Å². The zero-order valence-electron chi connectivity index (χ0n) is 13.2. The minimum absolute atomic E-state index is 0.100. The van der Waals surface area contributed by atoms with Crippen molar-refractivity contribution in [2.24, 2.45) is 17.8 Å². The Morgan fingerprint density at radius 2 is 2.05 bits per heavy atom. The number of allylic oxidation sites excluding steroid dienone is 1. The second-order valence-electron chi connectivity index (χ2n) is 6.22. The largest absolute Gasteiger partial charge is 0.504 e. The summed E-state index contributed by atoms with van der Waals surface area (Å²) in [5.74, 6) is 1.58. The number of carbonyl (C=O) groups is 1. The minimum atomic E-state index is 0.100. The number of carbonyl (C=O) groups excluding carboxylic acids is 1. The third kappa shape index (κ3) is 3.29. The van der Waals surface area contributed by atoms with Crippen molar-refractivity contribution in [1.29, 1.82) is 0 Å². The van der Waals surface area contributed by atoms with Crippen LogP contribution in [-0.4, -0.2) is 18.0 Å². The molecule has 0 unspecified atom stereocenters. The summed E-state index contributed by atoms with van der Waals surface area (Å²) in [7, 11) is 1.52. The van der Waals surface area contributed by atoms with Gasteiger partial charge in [0.05, 0.1) is 7.11 Å². The maximum Gasteiger partial charge on any atom is 0.162 e. The van der Waals surface area contributed by atoms with Crippen LogP contribution < -0.4 is 4.74 Å². The number of hydrogen-bond donors (Lipinski definition) is 1. The van der Waals surface area contributed by atoms with Crippen molar-refractivity contribution in [3.05, 3.63) is 29.3 Å². The highest BCUT2D eigenvalue weighted by atomic mass is 16.5. The van der Waals surface area contributed by atoms with Crippen molar-refractivity contribution in [3.8, 4) is 11.5 Å². The molecule has 1 aliphatic rings. The molecule has 0 amide bonds. The van der Waals surface area contributed by atoms with E-state index in [1.165, 1.54) is 7.11 Å². The van der Waals surface area contributed by atoms with Crippen LogP contribution in [0.25, 0.3) is 6.08 Å². The van der Waals surface area contributed by atoms with Gasteiger partial charge >= 0.3 is 0 Å². The summed E-state index contributed by atoms with van der Waals surface area (Å²) in [5.41, 5.74) is 1.72. The molecule has 0 radical (unpaired) electrons. The van der Waals surface area contributed by atoms with E-state index in [1.807, 2.05) is 12.1 Å². The van der Waals surface area contributed by atoms with Crippen LogP contribution in [0.2, 0.25) is 0 Å². The number of phenolic OH excluding ortho intramolecular Hbond substituents is 1. The molecule has 3 heteroatoms. The van der Waals surface area contributed by atoms with Crippen molar-refractivity contribution in [2.45, 2.75) is 33.6 Å². The first-order valence-electron chi connectivity index (χ1n) is 7.56. The second-order valence-corrected chi connectivity index (χ2v) is 6.22. The third-order valence-electron chi connectivity index (χ3n) is 4.39. The number of rotatable bonds is 3. The van der Waals surface area contributed by atoms with Crippen molar-refractivity contribution in [3.63, 3.8) is 0 Å². The number of aromatic hydroxyl groups is 1. The van der Waals surface area contributed by atoms with Crippen LogP contribution in [0.4, 0.5) is 0 Å². The van der Waals surface area contributed by atoms with Crippen LogP contribution in [0.1, 0.15) is 39.2 Å². The molecule has 3 nitrogen and oxygen atoms in total. The molecule has 0 heterocycles. The van der Waals surface area contributed by atoms with Crippen LogP contribution >= 0.6 is 0 Å². The number of ether oxygens (including phenoxy) is 1. The number of ketones is 1. The SMILES string of the molecule is COc1ccc(C=C2C(=O)[C@H](C(C)C)CC[C@H]2C)cc1O. The monoisotopic (exact) mass is 288 g/mol. The van der Waals surface area contributed by atoms with Crippen LogP contribution in [0, 0.1) is 17.8 Å². The minimum Gasteiger partial charge on any atom is -0.504 e. The lowest BCUT2D eigenvalue weighted by Crippen LogP contribution is -2.30. The Morgan fingerprint density at radius 1 is 1.33 bits per heavy atom. The first-order chi connectivity index (χ1) is 9.93. The Balaban J connectivity index is 2.33. The molecule has 1 saturated carbocycles. The van der Waals surface area contributed by atoms with E-state index in [9.17, 15) is 9.90 Å². The van der Waals surface area contributed by atoms with Crippen LogP contribution in [-0.2, 0) is 4.79 Å². The smallest absolute Gasteiger partial charge is 0.162 e. The fourth-order valence-corrected chi connectivity index (χ4v) is 3.00. The predicted octanol–water partition coefficient (Wildman–Crippen LogP) is 4.06. The standard InChI is InChI=1S/C18H24O3/c1-11(2)14-7-5-12(3)15(18(14)20)9-13-6-8-17(21-4)16(19)10-13/h6,8-12,14,19H,5,7H2,1-4H3/t12-,14+/m1/s1. The molecule has 114 valence electrons. The molecule has 2 atom stereocenters. The summed E-state index contributed by atoms with van der Waals surface area (Å²) in [5, 5.41) is 9.85. The van der Waals surface area contributed by atoms with Crippen molar-refractivity contribution >= 4 is 11.9 Å². The first-order valence-corrected chi connectivity index (χ1v) is 7.56. The topological polar surface area (TPSA) is 46.5 Å². The van der Waals surface area contributed by atoms with Gasteiger partial charge in [0.2, 0.25) is 0 Å². The zero-order valence-corrected chi connectivity index (χ0v) is 13.2. The molecule has 21 heavy (non-hydrogen) atoms. The average molecular weight is 288 g/mol. The van der Waals surface area contributed by atoms with Gasteiger partial charge in [-0.1, -0.05) is 26.8 Å². The fourth-order valence-electron chi connectivity index (χ4n) is 3.00. The Labute approximate surface area is 126 Å². The lowest BCUT2D eigenvalue weighted by Gasteiger charge is -2.30. The van der Waals surface area contributed by atoms with E-state index in [0.717, 1.165) is 24.0 Å². The van der Waals surface area contributed by atoms with Crippen molar-refractivity contribution in [2.75, 3.05) is 7.11 Å². The van der Waals surface area contributed by atoms with E-state index in [2.05, 4.69) is 20.8 Å². The molecule has 0 saturated heterocycles. The molecule has 0 bridgehead atoms. The number of Topliss-reactive ketones (excluding diaryl/α,β-unsaturated/α-hetero) is 1. The third-order valence-corrected chi connectivity index (χ3v) is 4.39. The normalized spacial score (nSPS) is 24.6. The number of hydrogen-bond acceptors (Lipinski definition) is 3. The van der Waals surface area contributed by atoms with E-state index in [4.69, 9.17) is 4.74 Å². The van der Waals surface area contributed by atoms with Gasteiger partial charge in [0, 0.05) is 5.92 Å². The first kappa shape index (κ1) is 15.6. The highest BCUT2D eigenvalue weighted by Gasteiger charge is 2.32. The maximum absolute atomic E-state index is 12.6. The molecule has 1 aliphatic carbocycles. The number of phenols is 1. The summed E-state index contributed by atoms with van der Waals surface area (Å²) in [4.78, 5) is 12.6. The molecule has 0 aromatic heterocycles.